The lowest BCUT2D eigenvalue weighted by Gasteiger charge is -2.26. The van der Waals surface area contributed by atoms with Crippen LogP contribution < -0.4 is 5.73 Å². The molecule has 6 nitrogen and oxygen atoms in total. The SMILES string of the molecule is CN1C(=O)C(c2ccccc2)(c2cccc(-c3ccc(C(=O)N4CCCC4)cc3)c2)N=C1N. The first-order valence-corrected chi connectivity index (χ1v) is 11.2. The van der Waals surface area contributed by atoms with Crippen LogP contribution in [0.1, 0.15) is 34.3 Å². The second-order valence-corrected chi connectivity index (χ2v) is 8.57. The Balaban J connectivity index is 1.53. The second kappa shape index (κ2) is 8.20. The molecular weight excluding hydrogens is 412 g/mol. The van der Waals surface area contributed by atoms with Gasteiger partial charge in [-0.2, -0.15) is 0 Å². The number of hydrogen-bond acceptors (Lipinski definition) is 4. The summed E-state index contributed by atoms with van der Waals surface area (Å²) < 4.78 is 0. The zero-order chi connectivity index (χ0) is 23.0. The molecule has 6 heteroatoms. The van der Waals surface area contributed by atoms with Crippen LogP contribution >= 0.6 is 0 Å². The van der Waals surface area contributed by atoms with E-state index in [1.165, 1.54) is 4.90 Å². The third kappa shape index (κ3) is 3.48. The highest BCUT2D eigenvalue weighted by Crippen LogP contribution is 2.40. The lowest BCUT2D eigenvalue weighted by Crippen LogP contribution is -2.41. The monoisotopic (exact) mass is 438 g/mol. The number of aliphatic imine (C=N–C) groups is 1. The number of carbonyl (C=O) groups excluding carboxylic acids is 2. The first-order chi connectivity index (χ1) is 16.0. The van der Waals surface area contributed by atoms with E-state index in [1.54, 1.807) is 7.05 Å². The molecule has 2 aliphatic heterocycles. The molecule has 2 aliphatic rings. The maximum atomic E-state index is 13.4. The Kier molecular flexibility index (Phi) is 5.21. The van der Waals surface area contributed by atoms with Gasteiger partial charge in [0, 0.05) is 25.7 Å². The van der Waals surface area contributed by atoms with Crippen LogP contribution in [0.3, 0.4) is 0 Å². The fourth-order valence-corrected chi connectivity index (χ4v) is 4.70. The molecule has 1 fully saturated rings. The van der Waals surface area contributed by atoms with Crippen molar-refractivity contribution in [1.82, 2.24) is 9.80 Å². The van der Waals surface area contributed by atoms with Gasteiger partial charge in [0.2, 0.25) is 0 Å². The molecule has 0 bridgehead atoms. The smallest absolute Gasteiger partial charge is 0.266 e. The topological polar surface area (TPSA) is 79.0 Å². The van der Waals surface area contributed by atoms with Crippen LogP contribution in [-0.2, 0) is 10.3 Å². The lowest BCUT2D eigenvalue weighted by molar-refractivity contribution is -0.129. The molecule has 2 N–H and O–H groups in total. The number of likely N-dealkylation sites (N-methyl/N-ethyl adjacent to an activating group) is 1. The number of benzene rings is 3. The van der Waals surface area contributed by atoms with Gasteiger partial charge in [-0.3, -0.25) is 14.5 Å². The van der Waals surface area contributed by atoms with Gasteiger partial charge in [0.1, 0.15) is 0 Å². The Labute approximate surface area is 193 Å². The second-order valence-electron chi connectivity index (χ2n) is 8.57. The van der Waals surface area contributed by atoms with Crippen LogP contribution in [0.4, 0.5) is 0 Å². The zero-order valence-corrected chi connectivity index (χ0v) is 18.6. The van der Waals surface area contributed by atoms with Gasteiger partial charge in [0.05, 0.1) is 0 Å². The van der Waals surface area contributed by atoms with E-state index in [2.05, 4.69) is 4.99 Å². The van der Waals surface area contributed by atoms with Gasteiger partial charge in [0.25, 0.3) is 11.8 Å². The molecule has 1 atom stereocenters. The number of likely N-dealkylation sites (tertiary alicyclic amines) is 1. The molecule has 2 heterocycles. The molecule has 0 saturated carbocycles. The summed E-state index contributed by atoms with van der Waals surface area (Å²) in [4.78, 5) is 34.1. The minimum Gasteiger partial charge on any atom is -0.369 e. The summed E-state index contributed by atoms with van der Waals surface area (Å²) in [5.74, 6) is 0.0918. The molecule has 0 aromatic heterocycles. The summed E-state index contributed by atoms with van der Waals surface area (Å²) in [5, 5.41) is 0. The molecule has 3 aromatic carbocycles. The summed E-state index contributed by atoms with van der Waals surface area (Å²) in [7, 11) is 1.64. The maximum absolute atomic E-state index is 13.4. The van der Waals surface area contributed by atoms with Gasteiger partial charge in [-0.25, -0.2) is 4.99 Å². The van der Waals surface area contributed by atoms with Gasteiger partial charge >= 0.3 is 0 Å². The number of carbonyl (C=O) groups is 2. The number of nitrogens with zero attached hydrogens (tertiary/aromatic N) is 3. The van der Waals surface area contributed by atoms with Gasteiger partial charge in [-0.1, -0.05) is 60.7 Å². The Morgan fingerprint density at radius 2 is 1.55 bits per heavy atom. The molecule has 33 heavy (non-hydrogen) atoms. The number of amides is 2. The minimum atomic E-state index is -1.22. The summed E-state index contributed by atoms with van der Waals surface area (Å²) in [6.45, 7) is 1.66. The van der Waals surface area contributed by atoms with Gasteiger partial charge in [-0.05, 0) is 53.3 Å². The predicted molar refractivity (Wildman–Crippen MR) is 129 cm³/mol. The number of rotatable bonds is 4. The molecule has 166 valence electrons. The van der Waals surface area contributed by atoms with Crippen LogP contribution in [0.5, 0.6) is 0 Å². The number of guanidine groups is 1. The van der Waals surface area contributed by atoms with Crippen molar-refractivity contribution >= 4 is 17.8 Å². The van der Waals surface area contributed by atoms with Crippen LogP contribution in [-0.4, -0.2) is 47.7 Å². The van der Waals surface area contributed by atoms with Crippen molar-refractivity contribution in [2.45, 2.75) is 18.4 Å². The van der Waals surface area contributed by atoms with Crippen molar-refractivity contribution < 1.29 is 9.59 Å². The van der Waals surface area contributed by atoms with E-state index in [0.717, 1.165) is 48.2 Å². The lowest BCUT2D eigenvalue weighted by atomic mass is 9.81. The van der Waals surface area contributed by atoms with Crippen molar-refractivity contribution in [3.8, 4) is 11.1 Å². The summed E-state index contributed by atoms with van der Waals surface area (Å²) in [5.41, 5.74) is 8.99. The molecule has 1 unspecified atom stereocenters. The van der Waals surface area contributed by atoms with E-state index < -0.39 is 5.54 Å². The summed E-state index contributed by atoms with van der Waals surface area (Å²) in [6, 6.07) is 25.0. The van der Waals surface area contributed by atoms with E-state index in [4.69, 9.17) is 5.73 Å². The third-order valence-electron chi connectivity index (χ3n) is 6.57. The molecule has 1 saturated heterocycles. The first kappa shape index (κ1) is 20.9. The van der Waals surface area contributed by atoms with Crippen molar-refractivity contribution in [1.29, 1.82) is 0 Å². The fourth-order valence-electron chi connectivity index (χ4n) is 4.70. The van der Waals surface area contributed by atoms with E-state index >= 15 is 0 Å². The van der Waals surface area contributed by atoms with Crippen LogP contribution in [0.15, 0.2) is 83.9 Å². The number of nitrogens with two attached hydrogens (primary N) is 1. The quantitative estimate of drug-likeness (QED) is 0.676. The van der Waals surface area contributed by atoms with Crippen molar-refractivity contribution in [3.63, 3.8) is 0 Å². The Bertz CT molecular complexity index is 1230. The Hall–Kier alpha value is -3.93. The molecule has 5 rings (SSSR count). The van der Waals surface area contributed by atoms with Crippen LogP contribution in [0.25, 0.3) is 11.1 Å². The Morgan fingerprint density at radius 3 is 2.18 bits per heavy atom. The fraction of sp³-hybridized carbons (Fsp3) is 0.222. The first-order valence-electron chi connectivity index (χ1n) is 11.2. The molecule has 0 spiro atoms. The van der Waals surface area contributed by atoms with Crippen molar-refractivity contribution in [2.24, 2.45) is 10.7 Å². The number of hydrogen-bond donors (Lipinski definition) is 1. The van der Waals surface area contributed by atoms with Crippen LogP contribution in [0.2, 0.25) is 0 Å². The van der Waals surface area contributed by atoms with E-state index in [9.17, 15) is 9.59 Å². The van der Waals surface area contributed by atoms with Gasteiger partial charge < -0.3 is 10.6 Å². The average Bonchev–Trinajstić information content (AvgIpc) is 3.48. The maximum Gasteiger partial charge on any atom is 0.266 e. The van der Waals surface area contributed by atoms with Gasteiger partial charge in [0.15, 0.2) is 11.5 Å². The highest BCUT2D eigenvalue weighted by Gasteiger charge is 2.49. The van der Waals surface area contributed by atoms with Gasteiger partial charge in [-0.15, -0.1) is 0 Å². The zero-order valence-electron chi connectivity index (χ0n) is 18.6. The van der Waals surface area contributed by atoms with E-state index in [1.807, 2.05) is 83.8 Å². The third-order valence-corrected chi connectivity index (χ3v) is 6.57. The largest absolute Gasteiger partial charge is 0.369 e. The molecule has 3 aromatic rings. The highest BCUT2D eigenvalue weighted by molar-refractivity contribution is 6.09. The van der Waals surface area contributed by atoms with Crippen molar-refractivity contribution in [2.75, 3.05) is 20.1 Å². The molecule has 2 amide bonds. The van der Waals surface area contributed by atoms with E-state index in [-0.39, 0.29) is 17.8 Å². The molecular formula is C27H26N4O2. The minimum absolute atomic E-state index is 0.0835. The average molecular weight is 439 g/mol. The Morgan fingerprint density at radius 1 is 0.879 bits per heavy atom. The normalized spacial score (nSPS) is 20.3. The van der Waals surface area contributed by atoms with Crippen LogP contribution in [0, 0.1) is 0 Å². The van der Waals surface area contributed by atoms with Crippen molar-refractivity contribution in [3.05, 3.63) is 95.6 Å². The standard InChI is InChI=1S/C27H26N4O2/c1-30-25(33)27(29-26(30)28,22-9-3-2-4-10-22)23-11-7-8-21(18-23)19-12-14-20(15-13-19)24(32)31-16-5-6-17-31/h2-4,7-15,18H,5-6,16-17H2,1H3,(H2,28,29). The summed E-state index contributed by atoms with van der Waals surface area (Å²) in [6.07, 6.45) is 2.14. The predicted octanol–water partition coefficient (Wildman–Crippen LogP) is 3.62. The molecule has 0 aliphatic carbocycles. The van der Waals surface area contributed by atoms with E-state index in [0.29, 0.717) is 5.56 Å². The highest BCUT2D eigenvalue weighted by atomic mass is 16.2. The summed E-state index contributed by atoms with van der Waals surface area (Å²) >= 11 is 0. The molecule has 0 radical (unpaired) electrons.